The highest BCUT2D eigenvalue weighted by Crippen LogP contribution is 2.22. The van der Waals surface area contributed by atoms with Gasteiger partial charge in [-0.15, -0.1) is 0 Å². The maximum absolute atomic E-state index is 12.5. The van der Waals surface area contributed by atoms with Gasteiger partial charge in [0.2, 0.25) is 5.91 Å². The molecule has 26 heavy (non-hydrogen) atoms. The third-order valence-corrected chi connectivity index (χ3v) is 4.98. The van der Waals surface area contributed by atoms with E-state index in [1.54, 1.807) is 7.11 Å². The van der Waals surface area contributed by atoms with Gasteiger partial charge in [0, 0.05) is 43.6 Å². The van der Waals surface area contributed by atoms with Crippen LogP contribution in [0.15, 0.2) is 48.5 Å². The lowest BCUT2D eigenvalue weighted by Gasteiger charge is -2.38. The number of carbonyl (C=O) groups is 1. The van der Waals surface area contributed by atoms with Crippen molar-refractivity contribution >= 4 is 17.3 Å². The van der Waals surface area contributed by atoms with Gasteiger partial charge in [0.25, 0.3) is 0 Å². The maximum atomic E-state index is 12.5. The van der Waals surface area contributed by atoms with Gasteiger partial charge < -0.3 is 15.0 Å². The van der Waals surface area contributed by atoms with E-state index in [1.807, 2.05) is 50.2 Å². The summed E-state index contributed by atoms with van der Waals surface area (Å²) in [5, 5.41) is 3.01. The summed E-state index contributed by atoms with van der Waals surface area (Å²) in [5.74, 6) is 0.916. The minimum Gasteiger partial charge on any atom is -0.497 e. The zero-order chi connectivity index (χ0) is 18.5. The number of methoxy groups -OCH3 is 1. The molecule has 0 unspecified atom stereocenters. The molecule has 5 heteroatoms. The SMILES string of the molecule is COc1cccc(N2CCN([C@@H](C)C(=O)Nc3ccc(C)cc3)CC2)c1. The number of aryl methyl sites for hydroxylation is 1. The Kier molecular flexibility index (Phi) is 5.78. The van der Waals surface area contributed by atoms with Crippen LogP contribution in [0.5, 0.6) is 5.75 Å². The van der Waals surface area contributed by atoms with E-state index in [-0.39, 0.29) is 11.9 Å². The summed E-state index contributed by atoms with van der Waals surface area (Å²) < 4.78 is 5.31. The second-order valence-corrected chi connectivity index (χ2v) is 6.76. The standard InChI is InChI=1S/C21H27N3O2/c1-16-7-9-18(10-8-16)22-21(25)17(2)23-11-13-24(14-12-23)19-5-4-6-20(15-19)26-3/h4-10,15,17H,11-14H2,1-3H3,(H,22,25)/t17-/m0/s1. The van der Waals surface area contributed by atoms with Crippen LogP contribution in [-0.2, 0) is 4.79 Å². The molecule has 0 aromatic heterocycles. The van der Waals surface area contributed by atoms with Gasteiger partial charge >= 0.3 is 0 Å². The molecule has 2 aromatic carbocycles. The minimum atomic E-state index is -0.149. The molecule has 0 spiro atoms. The van der Waals surface area contributed by atoms with Gasteiger partial charge in [-0.1, -0.05) is 23.8 Å². The number of nitrogens with zero attached hydrogens (tertiary/aromatic N) is 2. The van der Waals surface area contributed by atoms with Crippen molar-refractivity contribution in [3.63, 3.8) is 0 Å². The smallest absolute Gasteiger partial charge is 0.241 e. The number of piperazine rings is 1. The summed E-state index contributed by atoms with van der Waals surface area (Å²) in [4.78, 5) is 17.1. The second-order valence-electron chi connectivity index (χ2n) is 6.76. The van der Waals surface area contributed by atoms with Crippen molar-refractivity contribution in [2.75, 3.05) is 43.5 Å². The summed E-state index contributed by atoms with van der Waals surface area (Å²) in [6, 6.07) is 15.9. The Hall–Kier alpha value is -2.53. The highest BCUT2D eigenvalue weighted by Gasteiger charge is 2.25. The first-order valence-corrected chi connectivity index (χ1v) is 9.07. The summed E-state index contributed by atoms with van der Waals surface area (Å²) >= 11 is 0. The fourth-order valence-electron chi connectivity index (χ4n) is 3.22. The zero-order valence-corrected chi connectivity index (χ0v) is 15.7. The van der Waals surface area contributed by atoms with Crippen molar-refractivity contribution < 1.29 is 9.53 Å². The summed E-state index contributed by atoms with van der Waals surface area (Å²) in [5.41, 5.74) is 3.20. The Balaban J connectivity index is 1.55. The van der Waals surface area contributed by atoms with Crippen molar-refractivity contribution in [1.82, 2.24) is 4.90 Å². The van der Waals surface area contributed by atoms with Gasteiger partial charge in [0.15, 0.2) is 0 Å². The van der Waals surface area contributed by atoms with Crippen LogP contribution in [0.2, 0.25) is 0 Å². The molecule has 2 aromatic rings. The van der Waals surface area contributed by atoms with E-state index in [1.165, 1.54) is 11.3 Å². The van der Waals surface area contributed by atoms with E-state index in [9.17, 15) is 4.79 Å². The third-order valence-electron chi connectivity index (χ3n) is 4.98. The number of hydrogen-bond acceptors (Lipinski definition) is 4. The van der Waals surface area contributed by atoms with Crippen LogP contribution >= 0.6 is 0 Å². The fraction of sp³-hybridized carbons (Fsp3) is 0.381. The summed E-state index contributed by atoms with van der Waals surface area (Å²) in [6.07, 6.45) is 0. The number of benzene rings is 2. The summed E-state index contributed by atoms with van der Waals surface area (Å²) in [7, 11) is 1.69. The quantitative estimate of drug-likeness (QED) is 0.897. The van der Waals surface area contributed by atoms with Crippen molar-refractivity contribution in [2.24, 2.45) is 0 Å². The number of carbonyl (C=O) groups excluding carboxylic acids is 1. The third kappa shape index (κ3) is 4.35. The summed E-state index contributed by atoms with van der Waals surface area (Å²) in [6.45, 7) is 7.53. The molecule has 1 N–H and O–H groups in total. The van der Waals surface area contributed by atoms with E-state index < -0.39 is 0 Å². The first-order valence-electron chi connectivity index (χ1n) is 9.07. The molecule has 1 amide bonds. The van der Waals surface area contributed by atoms with Crippen LogP contribution in [0.1, 0.15) is 12.5 Å². The molecule has 0 saturated carbocycles. The van der Waals surface area contributed by atoms with Gasteiger partial charge in [-0.05, 0) is 38.1 Å². The molecular weight excluding hydrogens is 326 g/mol. The lowest BCUT2D eigenvalue weighted by Crippen LogP contribution is -2.52. The fourth-order valence-corrected chi connectivity index (χ4v) is 3.22. The first kappa shape index (κ1) is 18.3. The Morgan fingerprint density at radius 3 is 2.42 bits per heavy atom. The molecule has 1 saturated heterocycles. The molecule has 138 valence electrons. The average Bonchev–Trinajstić information content (AvgIpc) is 2.69. The number of anilines is 2. The van der Waals surface area contributed by atoms with E-state index in [2.05, 4.69) is 27.2 Å². The topological polar surface area (TPSA) is 44.8 Å². The first-order chi connectivity index (χ1) is 12.6. The number of amides is 1. The highest BCUT2D eigenvalue weighted by atomic mass is 16.5. The van der Waals surface area contributed by atoms with Gasteiger partial charge in [-0.25, -0.2) is 0 Å². The van der Waals surface area contributed by atoms with Crippen molar-refractivity contribution in [3.8, 4) is 5.75 Å². The Morgan fingerprint density at radius 2 is 1.77 bits per heavy atom. The van der Waals surface area contributed by atoms with E-state index in [4.69, 9.17) is 4.74 Å². The molecular formula is C21H27N3O2. The normalized spacial score (nSPS) is 16.2. The number of hydrogen-bond donors (Lipinski definition) is 1. The second kappa shape index (κ2) is 8.23. The molecule has 1 heterocycles. The van der Waals surface area contributed by atoms with Crippen LogP contribution < -0.4 is 15.0 Å². The molecule has 1 aliphatic heterocycles. The Morgan fingerprint density at radius 1 is 1.08 bits per heavy atom. The number of rotatable bonds is 5. The molecule has 0 aliphatic carbocycles. The van der Waals surface area contributed by atoms with Crippen molar-refractivity contribution in [2.45, 2.75) is 19.9 Å². The predicted octanol–water partition coefficient (Wildman–Crippen LogP) is 3.15. The van der Waals surface area contributed by atoms with Gasteiger partial charge in [-0.2, -0.15) is 0 Å². The largest absolute Gasteiger partial charge is 0.497 e. The van der Waals surface area contributed by atoms with Crippen LogP contribution in [0.3, 0.4) is 0 Å². The highest BCUT2D eigenvalue weighted by molar-refractivity contribution is 5.94. The molecule has 5 nitrogen and oxygen atoms in total. The van der Waals surface area contributed by atoms with E-state index in [0.29, 0.717) is 0 Å². The molecule has 0 radical (unpaired) electrons. The van der Waals surface area contributed by atoms with Crippen LogP contribution in [-0.4, -0.2) is 50.1 Å². The monoisotopic (exact) mass is 353 g/mol. The van der Waals surface area contributed by atoms with Gasteiger partial charge in [-0.3, -0.25) is 9.69 Å². The molecule has 1 fully saturated rings. The average molecular weight is 353 g/mol. The van der Waals surface area contributed by atoms with E-state index in [0.717, 1.165) is 37.6 Å². The van der Waals surface area contributed by atoms with Crippen LogP contribution in [0.25, 0.3) is 0 Å². The maximum Gasteiger partial charge on any atom is 0.241 e. The Labute approximate surface area is 155 Å². The van der Waals surface area contributed by atoms with Crippen LogP contribution in [0, 0.1) is 6.92 Å². The Bertz CT molecular complexity index is 737. The lowest BCUT2D eigenvalue weighted by atomic mass is 10.1. The van der Waals surface area contributed by atoms with Crippen molar-refractivity contribution in [1.29, 1.82) is 0 Å². The predicted molar refractivity (Wildman–Crippen MR) is 106 cm³/mol. The van der Waals surface area contributed by atoms with Crippen molar-refractivity contribution in [3.05, 3.63) is 54.1 Å². The molecule has 1 atom stereocenters. The van der Waals surface area contributed by atoms with Gasteiger partial charge in [0.1, 0.15) is 5.75 Å². The molecule has 3 rings (SSSR count). The number of ether oxygens (including phenoxy) is 1. The van der Waals surface area contributed by atoms with Gasteiger partial charge in [0.05, 0.1) is 13.2 Å². The lowest BCUT2D eigenvalue weighted by molar-refractivity contribution is -0.120. The zero-order valence-electron chi connectivity index (χ0n) is 15.7. The molecule has 1 aliphatic rings. The molecule has 0 bridgehead atoms. The minimum absolute atomic E-state index is 0.0451. The van der Waals surface area contributed by atoms with E-state index >= 15 is 0 Å². The van der Waals surface area contributed by atoms with Crippen LogP contribution in [0.4, 0.5) is 11.4 Å². The number of nitrogens with one attached hydrogen (secondary N) is 1.